The van der Waals surface area contributed by atoms with Crippen molar-refractivity contribution in [3.8, 4) is 0 Å². The molecule has 0 saturated carbocycles. The number of carbonyl (C=O) groups excluding carboxylic acids is 1. The Morgan fingerprint density at radius 3 is 1.81 bits per heavy atom. The first-order valence-electron chi connectivity index (χ1n) is 14.1. The van der Waals surface area contributed by atoms with E-state index in [0.717, 1.165) is 42.8 Å². The van der Waals surface area contributed by atoms with Gasteiger partial charge in [-0.05, 0) is 52.3 Å². The van der Waals surface area contributed by atoms with E-state index in [1.165, 1.54) is 10.4 Å². The smallest absolute Gasteiger partial charge is 0.261 e. The molecule has 0 N–H and O–H groups in total. The molecule has 0 radical (unpaired) electrons. The monoisotopic (exact) mass is 538 g/mol. The van der Waals surface area contributed by atoms with Gasteiger partial charge in [-0.2, -0.15) is 0 Å². The van der Waals surface area contributed by atoms with E-state index in [1.54, 1.807) is 0 Å². The Kier molecular flexibility index (Phi) is 12.2. The molecule has 0 aliphatic rings. The van der Waals surface area contributed by atoms with E-state index >= 15 is 0 Å². The second-order valence-corrected chi connectivity index (χ2v) is 20.7. The molecule has 0 aromatic heterocycles. The van der Waals surface area contributed by atoms with Gasteiger partial charge in [0, 0.05) is 6.42 Å². The summed E-state index contributed by atoms with van der Waals surface area (Å²) < 4.78 is 13.8. The second kappa shape index (κ2) is 14.4. The summed E-state index contributed by atoms with van der Waals surface area (Å²) in [5.41, 5.74) is 1.11. The van der Waals surface area contributed by atoms with Crippen LogP contribution in [0.1, 0.15) is 67.7 Å². The zero-order valence-electron chi connectivity index (χ0n) is 24.4. The molecule has 0 spiro atoms. The maximum absolute atomic E-state index is 11.4. The lowest BCUT2D eigenvalue weighted by Gasteiger charge is -2.43. The van der Waals surface area contributed by atoms with Crippen LogP contribution in [-0.4, -0.2) is 35.6 Å². The zero-order valence-corrected chi connectivity index (χ0v) is 26.4. The second-order valence-electron chi connectivity index (χ2n) is 11.6. The summed E-state index contributed by atoms with van der Waals surface area (Å²) in [6.45, 7) is 20.9. The Bertz CT molecular complexity index is 901. The minimum atomic E-state index is -2.58. The number of rotatable bonds is 16. The van der Waals surface area contributed by atoms with Gasteiger partial charge in [0.1, 0.15) is 6.29 Å². The standard InChI is InChI=1S/C32H50O3Si2/c1-9-36(10-2,11-3)35-29(22-23-33)25-27(4)24-28(5)26-34-37(32(6,7)8,30-18-14-12-15-19-30)31-20-16-13-17-21-31/h12-21,23,27,29H,5,9-11,22,24-26H2,1-4,6-8H3/t27-,29-/m0/s1. The molecule has 0 aliphatic carbocycles. The fourth-order valence-electron chi connectivity index (χ4n) is 5.71. The predicted molar refractivity (Wildman–Crippen MR) is 164 cm³/mol. The average Bonchev–Trinajstić information content (AvgIpc) is 2.88. The van der Waals surface area contributed by atoms with Crippen LogP contribution in [0.2, 0.25) is 23.2 Å². The van der Waals surface area contributed by atoms with Crippen molar-refractivity contribution in [1.29, 1.82) is 0 Å². The summed E-state index contributed by atoms with van der Waals surface area (Å²) in [5, 5.41) is 2.52. The molecule has 0 unspecified atom stereocenters. The summed E-state index contributed by atoms with van der Waals surface area (Å²) >= 11 is 0. The van der Waals surface area contributed by atoms with Crippen molar-refractivity contribution in [3.63, 3.8) is 0 Å². The average molecular weight is 539 g/mol. The lowest BCUT2D eigenvalue weighted by Crippen LogP contribution is -2.66. The fourth-order valence-corrected chi connectivity index (χ4v) is 13.2. The molecule has 3 nitrogen and oxygen atoms in total. The molecule has 2 aromatic rings. The molecule has 2 aromatic carbocycles. The molecule has 2 atom stereocenters. The van der Waals surface area contributed by atoms with Gasteiger partial charge >= 0.3 is 0 Å². The molecule has 0 fully saturated rings. The first kappa shape index (κ1) is 31.4. The minimum absolute atomic E-state index is 0.00409. The maximum Gasteiger partial charge on any atom is 0.261 e. The Morgan fingerprint density at radius 1 is 0.919 bits per heavy atom. The Hall–Kier alpha value is -1.80. The largest absolute Gasteiger partial charge is 0.414 e. The highest BCUT2D eigenvalue weighted by Gasteiger charge is 2.50. The van der Waals surface area contributed by atoms with E-state index in [2.05, 4.69) is 116 Å². The van der Waals surface area contributed by atoms with Crippen LogP contribution in [0.15, 0.2) is 72.8 Å². The molecule has 0 bridgehead atoms. The van der Waals surface area contributed by atoms with Gasteiger partial charge < -0.3 is 13.6 Å². The third kappa shape index (κ3) is 8.09. The molecular formula is C32H50O3Si2. The topological polar surface area (TPSA) is 35.5 Å². The molecule has 0 aliphatic heterocycles. The molecule has 204 valence electrons. The molecular weight excluding hydrogens is 489 g/mol. The maximum atomic E-state index is 11.4. The van der Waals surface area contributed by atoms with Crippen molar-refractivity contribution in [3.05, 3.63) is 72.8 Å². The van der Waals surface area contributed by atoms with E-state index in [1.807, 2.05) is 0 Å². The van der Waals surface area contributed by atoms with Gasteiger partial charge in [0.2, 0.25) is 0 Å². The lowest BCUT2D eigenvalue weighted by atomic mass is 9.95. The Labute approximate surface area is 228 Å². The third-order valence-corrected chi connectivity index (χ3v) is 17.6. The number of benzene rings is 2. The summed E-state index contributed by atoms with van der Waals surface area (Å²) in [6.07, 6.45) is 3.26. The van der Waals surface area contributed by atoms with Crippen molar-refractivity contribution >= 4 is 33.3 Å². The first-order chi connectivity index (χ1) is 17.6. The van der Waals surface area contributed by atoms with Crippen molar-refractivity contribution in [2.24, 2.45) is 5.92 Å². The van der Waals surface area contributed by atoms with Crippen molar-refractivity contribution in [2.45, 2.75) is 97.0 Å². The molecule has 5 heteroatoms. The molecule has 2 rings (SSSR count). The Morgan fingerprint density at radius 2 is 1.41 bits per heavy atom. The van der Waals surface area contributed by atoms with Crippen LogP contribution in [0.5, 0.6) is 0 Å². The lowest BCUT2D eigenvalue weighted by molar-refractivity contribution is -0.109. The van der Waals surface area contributed by atoms with Crippen LogP contribution in [0.3, 0.4) is 0 Å². The van der Waals surface area contributed by atoms with Crippen LogP contribution in [0.4, 0.5) is 0 Å². The number of aldehydes is 1. The number of hydrogen-bond donors (Lipinski definition) is 0. The highest BCUT2D eigenvalue weighted by molar-refractivity contribution is 6.99. The molecule has 37 heavy (non-hydrogen) atoms. The Balaban J connectivity index is 2.19. The highest BCUT2D eigenvalue weighted by atomic mass is 28.4. The van der Waals surface area contributed by atoms with Crippen LogP contribution in [0.25, 0.3) is 0 Å². The van der Waals surface area contributed by atoms with Crippen molar-refractivity contribution < 1.29 is 13.6 Å². The third-order valence-electron chi connectivity index (χ3n) is 7.92. The van der Waals surface area contributed by atoms with Gasteiger partial charge in [-0.15, -0.1) is 0 Å². The van der Waals surface area contributed by atoms with E-state index in [4.69, 9.17) is 8.85 Å². The van der Waals surface area contributed by atoms with E-state index in [9.17, 15) is 4.79 Å². The van der Waals surface area contributed by atoms with E-state index < -0.39 is 16.6 Å². The predicted octanol–water partition coefficient (Wildman–Crippen LogP) is 7.51. The van der Waals surface area contributed by atoms with Gasteiger partial charge in [0.05, 0.1) is 12.7 Å². The molecule has 0 saturated heterocycles. The van der Waals surface area contributed by atoms with Crippen LogP contribution < -0.4 is 10.4 Å². The zero-order chi connectivity index (χ0) is 27.5. The summed E-state index contributed by atoms with van der Waals surface area (Å²) in [6, 6.07) is 24.8. The summed E-state index contributed by atoms with van der Waals surface area (Å²) in [4.78, 5) is 11.4. The summed E-state index contributed by atoms with van der Waals surface area (Å²) in [7, 11) is -4.34. The van der Waals surface area contributed by atoms with Gasteiger partial charge in [-0.25, -0.2) is 0 Å². The fraction of sp³-hybridized carbons (Fsp3) is 0.531. The van der Waals surface area contributed by atoms with Crippen LogP contribution in [-0.2, 0) is 13.6 Å². The normalized spacial score (nSPS) is 14.2. The molecule has 0 amide bonds. The van der Waals surface area contributed by atoms with Gasteiger partial charge in [0.15, 0.2) is 8.32 Å². The van der Waals surface area contributed by atoms with Crippen molar-refractivity contribution in [1.82, 2.24) is 0 Å². The number of carbonyl (C=O) groups is 1. The van der Waals surface area contributed by atoms with E-state index in [-0.39, 0.29) is 11.1 Å². The quantitative estimate of drug-likeness (QED) is 0.126. The van der Waals surface area contributed by atoms with Crippen molar-refractivity contribution in [2.75, 3.05) is 6.61 Å². The van der Waals surface area contributed by atoms with Gasteiger partial charge in [0.25, 0.3) is 8.32 Å². The van der Waals surface area contributed by atoms with Gasteiger partial charge in [-0.3, -0.25) is 0 Å². The summed E-state index contributed by atoms with van der Waals surface area (Å²) in [5.74, 6) is 0.373. The van der Waals surface area contributed by atoms with E-state index in [0.29, 0.717) is 18.9 Å². The SMILES string of the molecule is C=C(CO[Si](c1ccccc1)(c1ccccc1)C(C)(C)C)C[C@H](C)C[C@H](CC=O)O[Si](CC)(CC)CC. The van der Waals surface area contributed by atoms with Crippen LogP contribution in [0, 0.1) is 5.92 Å². The highest BCUT2D eigenvalue weighted by Crippen LogP contribution is 2.37. The molecule has 0 heterocycles. The first-order valence-corrected chi connectivity index (χ1v) is 18.5. The number of hydrogen-bond acceptors (Lipinski definition) is 3. The van der Waals surface area contributed by atoms with Gasteiger partial charge in [-0.1, -0.05) is 121 Å². The van der Waals surface area contributed by atoms with Crippen LogP contribution >= 0.6 is 0 Å². The minimum Gasteiger partial charge on any atom is -0.414 e.